The van der Waals surface area contributed by atoms with Crippen LogP contribution in [-0.2, 0) is 22.6 Å². The third kappa shape index (κ3) is 3.66. The maximum Gasteiger partial charge on any atom is 0.277 e. The molecule has 0 spiro atoms. The summed E-state index contributed by atoms with van der Waals surface area (Å²) in [5.41, 5.74) is 2.92. The fraction of sp³-hybridized carbons (Fsp3) is 0.652. The van der Waals surface area contributed by atoms with Crippen LogP contribution in [0.2, 0.25) is 0 Å². The fourth-order valence-electron chi connectivity index (χ4n) is 5.14. The van der Waals surface area contributed by atoms with Crippen molar-refractivity contribution < 1.29 is 9.59 Å². The fourth-order valence-corrected chi connectivity index (χ4v) is 5.14. The van der Waals surface area contributed by atoms with E-state index in [0.717, 1.165) is 56.5 Å². The summed E-state index contributed by atoms with van der Waals surface area (Å²) in [5.74, 6) is 0.812. The van der Waals surface area contributed by atoms with Gasteiger partial charge in [0, 0.05) is 56.1 Å². The van der Waals surface area contributed by atoms with Crippen molar-refractivity contribution in [1.82, 2.24) is 24.4 Å². The summed E-state index contributed by atoms with van der Waals surface area (Å²) < 4.78 is 1.52. The lowest BCUT2D eigenvalue weighted by Gasteiger charge is -2.37. The summed E-state index contributed by atoms with van der Waals surface area (Å²) in [4.78, 5) is 46.7. The standard InChI is InChI=1S/C23H31N5O3/c1-2-5-21(29)26-11-9-18-17(14-26)23(31)28-20(24-18)12-19(25-28)16-8-4-10-27(13-16)22(30)15-6-3-7-15/h12,15-16,25H,2-11,13-14H2,1H3/t16-/m1/s1. The largest absolute Gasteiger partial charge is 0.342 e. The van der Waals surface area contributed by atoms with E-state index in [4.69, 9.17) is 4.98 Å². The molecule has 2 aromatic rings. The average molecular weight is 426 g/mol. The maximum atomic E-state index is 13.2. The molecule has 0 aromatic carbocycles. The molecule has 5 rings (SSSR count). The van der Waals surface area contributed by atoms with Gasteiger partial charge in [-0.2, -0.15) is 0 Å². The van der Waals surface area contributed by atoms with E-state index in [1.54, 1.807) is 4.90 Å². The predicted octanol–water partition coefficient (Wildman–Crippen LogP) is 2.21. The number of carbonyl (C=O) groups excluding carboxylic acids is 2. The Morgan fingerprint density at radius 1 is 1.16 bits per heavy atom. The van der Waals surface area contributed by atoms with Crippen molar-refractivity contribution in [1.29, 1.82) is 0 Å². The Balaban J connectivity index is 1.39. The van der Waals surface area contributed by atoms with Crippen LogP contribution in [0.15, 0.2) is 10.9 Å². The molecule has 1 saturated carbocycles. The van der Waals surface area contributed by atoms with Crippen molar-refractivity contribution in [3.8, 4) is 0 Å². The highest BCUT2D eigenvalue weighted by Crippen LogP contribution is 2.32. The Morgan fingerprint density at radius 3 is 2.74 bits per heavy atom. The second-order valence-corrected chi connectivity index (χ2v) is 9.31. The SMILES string of the molecule is CCCC(=O)N1CCc2nc3cc([C@@H]4CCCN(C(=O)C5CCC5)C4)[nH]n3c(=O)c2C1. The molecule has 0 bridgehead atoms. The topological polar surface area (TPSA) is 90.8 Å². The zero-order valence-electron chi connectivity index (χ0n) is 18.2. The van der Waals surface area contributed by atoms with Gasteiger partial charge in [0.15, 0.2) is 5.65 Å². The molecule has 0 unspecified atom stereocenters. The second-order valence-electron chi connectivity index (χ2n) is 9.31. The van der Waals surface area contributed by atoms with Gasteiger partial charge in [0.25, 0.3) is 5.56 Å². The minimum atomic E-state index is -0.113. The van der Waals surface area contributed by atoms with Crippen LogP contribution in [0.3, 0.4) is 0 Å². The van der Waals surface area contributed by atoms with E-state index in [9.17, 15) is 14.4 Å². The number of nitrogens with zero attached hydrogens (tertiary/aromatic N) is 4. The molecule has 1 aliphatic carbocycles. The molecule has 8 nitrogen and oxygen atoms in total. The first kappa shape index (κ1) is 20.3. The molecule has 2 aliphatic heterocycles. The Morgan fingerprint density at radius 2 is 2.00 bits per heavy atom. The van der Waals surface area contributed by atoms with E-state index in [0.29, 0.717) is 49.6 Å². The Labute approximate surface area is 181 Å². The third-order valence-electron chi connectivity index (χ3n) is 7.23. The van der Waals surface area contributed by atoms with Crippen molar-refractivity contribution in [3.63, 3.8) is 0 Å². The molecule has 3 aliphatic rings. The van der Waals surface area contributed by atoms with Crippen LogP contribution in [0, 0.1) is 5.92 Å². The van der Waals surface area contributed by atoms with Gasteiger partial charge >= 0.3 is 0 Å². The van der Waals surface area contributed by atoms with E-state index in [-0.39, 0.29) is 23.3 Å². The van der Waals surface area contributed by atoms with Gasteiger partial charge in [0.05, 0.1) is 17.8 Å². The van der Waals surface area contributed by atoms with Crippen LogP contribution in [0.25, 0.3) is 5.65 Å². The molecule has 166 valence electrons. The molecular weight excluding hydrogens is 394 g/mol. The quantitative estimate of drug-likeness (QED) is 0.813. The summed E-state index contributed by atoms with van der Waals surface area (Å²) in [5, 5.41) is 3.27. The maximum absolute atomic E-state index is 13.2. The highest BCUT2D eigenvalue weighted by atomic mass is 16.2. The minimum absolute atomic E-state index is 0.100. The number of aromatic amines is 1. The monoisotopic (exact) mass is 425 g/mol. The first-order valence-electron chi connectivity index (χ1n) is 11.7. The summed E-state index contributed by atoms with van der Waals surface area (Å²) in [6, 6.07) is 1.97. The number of rotatable bonds is 4. The van der Waals surface area contributed by atoms with E-state index in [2.05, 4.69) is 5.10 Å². The van der Waals surface area contributed by atoms with Gasteiger partial charge in [-0.1, -0.05) is 13.3 Å². The van der Waals surface area contributed by atoms with E-state index < -0.39 is 0 Å². The van der Waals surface area contributed by atoms with E-state index in [1.165, 1.54) is 4.52 Å². The lowest BCUT2D eigenvalue weighted by Crippen LogP contribution is -2.44. The molecule has 31 heavy (non-hydrogen) atoms. The van der Waals surface area contributed by atoms with E-state index in [1.807, 2.05) is 17.9 Å². The van der Waals surface area contributed by atoms with Crippen LogP contribution in [0.1, 0.15) is 74.7 Å². The first-order chi connectivity index (χ1) is 15.0. The summed E-state index contributed by atoms with van der Waals surface area (Å²) in [7, 11) is 0. The van der Waals surface area contributed by atoms with Gasteiger partial charge in [-0.15, -0.1) is 0 Å². The van der Waals surface area contributed by atoms with Crippen LogP contribution in [0.4, 0.5) is 0 Å². The Bertz CT molecular complexity index is 1070. The summed E-state index contributed by atoms with van der Waals surface area (Å²) in [6.07, 6.45) is 7.11. The molecule has 1 N–H and O–H groups in total. The number of H-pyrrole nitrogens is 1. The van der Waals surface area contributed by atoms with E-state index >= 15 is 0 Å². The van der Waals surface area contributed by atoms with Gasteiger partial charge in [0.2, 0.25) is 11.8 Å². The number of likely N-dealkylation sites (tertiary alicyclic amines) is 1. The number of fused-ring (bicyclic) bond motifs is 2. The molecular formula is C23H31N5O3. The van der Waals surface area contributed by atoms with Crippen molar-refractivity contribution in [2.45, 2.75) is 70.8 Å². The zero-order valence-corrected chi connectivity index (χ0v) is 18.2. The van der Waals surface area contributed by atoms with Crippen molar-refractivity contribution >= 4 is 17.5 Å². The van der Waals surface area contributed by atoms with Crippen LogP contribution in [0.5, 0.6) is 0 Å². The molecule has 2 fully saturated rings. The van der Waals surface area contributed by atoms with Crippen LogP contribution < -0.4 is 5.56 Å². The number of hydrogen-bond acceptors (Lipinski definition) is 4. The van der Waals surface area contributed by atoms with Gasteiger partial charge in [-0.05, 0) is 32.1 Å². The second kappa shape index (κ2) is 8.13. The number of amides is 2. The van der Waals surface area contributed by atoms with Gasteiger partial charge in [-0.3, -0.25) is 19.5 Å². The molecule has 1 saturated heterocycles. The Kier molecular flexibility index (Phi) is 5.32. The normalized spacial score (nSPS) is 21.8. The summed E-state index contributed by atoms with van der Waals surface area (Å²) >= 11 is 0. The first-order valence-corrected chi connectivity index (χ1v) is 11.7. The third-order valence-corrected chi connectivity index (χ3v) is 7.23. The van der Waals surface area contributed by atoms with Crippen LogP contribution in [-0.4, -0.2) is 55.8 Å². The molecule has 0 radical (unpaired) electrons. The van der Waals surface area contributed by atoms with Gasteiger partial charge in [-0.25, -0.2) is 9.50 Å². The van der Waals surface area contributed by atoms with Gasteiger partial charge < -0.3 is 9.80 Å². The van der Waals surface area contributed by atoms with Crippen molar-refractivity contribution in [3.05, 3.63) is 33.4 Å². The van der Waals surface area contributed by atoms with Crippen LogP contribution >= 0.6 is 0 Å². The summed E-state index contributed by atoms with van der Waals surface area (Å²) in [6.45, 7) is 4.48. The number of nitrogens with one attached hydrogen (secondary N) is 1. The lowest BCUT2D eigenvalue weighted by atomic mass is 9.83. The zero-order chi connectivity index (χ0) is 21.5. The predicted molar refractivity (Wildman–Crippen MR) is 116 cm³/mol. The molecule has 1 atom stereocenters. The molecule has 8 heteroatoms. The van der Waals surface area contributed by atoms with Crippen molar-refractivity contribution in [2.24, 2.45) is 5.92 Å². The highest BCUT2D eigenvalue weighted by Gasteiger charge is 2.33. The lowest BCUT2D eigenvalue weighted by molar-refractivity contribution is -0.139. The number of piperidine rings is 1. The molecule has 2 amide bonds. The number of hydrogen-bond donors (Lipinski definition) is 1. The number of carbonyl (C=O) groups is 2. The van der Waals surface area contributed by atoms with Gasteiger partial charge in [0.1, 0.15) is 0 Å². The molecule has 4 heterocycles. The average Bonchev–Trinajstić information content (AvgIpc) is 3.17. The smallest absolute Gasteiger partial charge is 0.277 e. The highest BCUT2D eigenvalue weighted by molar-refractivity contribution is 5.79. The Hall–Kier alpha value is -2.64. The van der Waals surface area contributed by atoms with Crippen molar-refractivity contribution in [2.75, 3.05) is 19.6 Å². The molecule has 2 aromatic heterocycles. The number of aromatic nitrogens is 3. The minimum Gasteiger partial charge on any atom is -0.342 e.